The van der Waals surface area contributed by atoms with Gasteiger partial charge in [-0.25, -0.2) is 0 Å². The number of carbonyl (C=O) groups excluding carboxylic acids is 1. The third-order valence-electron chi connectivity index (χ3n) is 4.45. The number of amides is 1. The number of hydrogen-bond donors (Lipinski definition) is 2. The highest BCUT2D eigenvalue weighted by atomic mass is 16.5. The minimum absolute atomic E-state index is 0.155. The molecule has 2 N–H and O–H groups in total. The third kappa shape index (κ3) is 4.60. The summed E-state index contributed by atoms with van der Waals surface area (Å²) in [6.07, 6.45) is 2.63. The molecule has 22 heavy (non-hydrogen) atoms. The number of nitrogens with one attached hydrogen (secondary N) is 2. The van der Waals surface area contributed by atoms with E-state index < -0.39 is 0 Å². The number of hydrogen-bond acceptors (Lipinski definition) is 3. The van der Waals surface area contributed by atoms with Crippen molar-refractivity contribution in [1.82, 2.24) is 15.5 Å². The molecule has 6 heteroatoms. The molecule has 0 radical (unpaired) electrons. The molecule has 0 spiro atoms. The average molecular weight is 310 g/mol. The van der Waals surface area contributed by atoms with Gasteiger partial charge in [-0.15, -0.1) is 0 Å². The SMILES string of the molecule is CCNC(=NCC1(C)CCOC1)NC1CCN(C(=O)CC)C1. The lowest BCUT2D eigenvalue weighted by Crippen LogP contribution is -2.45. The van der Waals surface area contributed by atoms with E-state index in [0.717, 1.165) is 58.2 Å². The Labute approximate surface area is 133 Å². The van der Waals surface area contributed by atoms with Crippen LogP contribution in [0.4, 0.5) is 0 Å². The van der Waals surface area contributed by atoms with Gasteiger partial charge in [-0.2, -0.15) is 0 Å². The number of likely N-dealkylation sites (tertiary alicyclic amines) is 1. The first-order valence-corrected chi connectivity index (χ1v) is 8.46. The van der Waals surface area contributed by atoms with Gasteiger partial charge < -0.3 is 20.3 Å². The molecule has 2 atom stereocenters. The molecule has 2 aliphatic heterocycles. The van der Waals surface area contributed by atoms with Crippen LogP contribution in [0.15, 0.2) is 4.99 Å². The van der Waals surface area contributed by atoms with Crippen LogP contribution in [0.2, 0.25) is 0 Å². The number of guanidine groups is 1. The fourth-order valence-electron chi connectivity index (χ4n) is 2.95. The topological polar surface area (TPSA) is 66.0 Å². The fraction of sp³-hybridized carbons (Fsp3) is 0.875. The molecule has 2 fully saturated rings. The van der Waals surface area contributed by atoms with Crippen molar-refractivity contribution in [2.45, 2.75) is 46.1 Å². The van der Waals surface area contributed by atoms with Gasteiger partial charge in [0.15, 0.2) is 5.96 Å². The molecular weight excluding hydrogens is 280 g/mol. The van der Waals surface area contributed by atoms with Crippen molar-refractivity contribution in [3.05, 3.63) is 0 Å². The standard InChI is InChI=1S/C16H30N4O2/c1-4-14(21)20-8-6-13(10-20)19-15(17-5-2)18-11-16(3)7-9-22-12-16/h13H,4-12H2,1-3H3,(H2,17,18,19). The number of nitrogens with zero attached hydrogens (tertiary/aromatic N) is 2. The summed E-state index contributed by atoms with van der Waals surface area (Å²) in [7, 11) is 0. The maximum atomic E-state index is 11.8. The summed E-state index contributed by atoms with van der Waals surface area (Å²) >= 11 is 0. The minimum atomic E-state index is 0.155. The Hall–Kier alpha value is -1.30. The molecule has 2 rings (SSSR count). The van der Waals surface area contributed by atoms with Gasteiger partial charge in [0.1, 0.15) is 0 Å². The molecule has 0 bridgehead atoms. The van der Waals surface area contributed by atoms with Crippen molar-refractivity contribution >= 4 is 11.9 Å². The van der Waals surface area contributed by atoms with Gasteiger partial charge in [-0.05, 0) is 19.8 Å². The Morgan fingerprint density at radius 2 is 2.27 bits per heavy atom. The van der Waals surface area contributed by atoms with E-state index in [2.05, 4.69) is 24.5 Å². The van der Waals surface area contributed by atoms with Crippen molar-refractivity contribution in [1.29, 1.82) is 0 Å². The van der Waals surface area contributed by atoms with E-state index in [4.69, 9.17) is 9.73 Å². The quantitative estimate of drug-likeness (QED) is 0.587. The van der Waals surface area contributed by atoms with Gasteiger partial charge in [-0.3, -0.25) is 9.79 Å². The van der Waals surface area contributed by atoms with Crippen molar-refractivity contribution in [2.75, 3.05) is 39.4 Å². The largest absolute Gasteiger partial charge is 0.381 e. The molecule has 0 aromatic carbocycles. The Balaban J connectivity index is 1.87. The molecule has 0 aromatic rings. The molecule has 126 valence electrons. The number of carbonyl (C=O) groups is 1. The van der Waals surface area contributed by atoms with E-state index in [1.807, 2.05) is 11.8 Å². The van der Waals surface area contributed by atoms with E-state index in [1.165, 1.54) is 0 Å². The molecule has 0 aromatic heterocycles. The lowest BCUT2D eigenvalue weighted by atomic mass is 9.90. The van der Waals surface area contributed by atoms with Crippen molar-refractivity contribution in [3.8, 4) is 0 Å². The highest BCUT2D eigenvalue weighted by Crippen LogP contribution is 2.27. The second-order valence-corrected chi connectivity index (χ2v) is 6.63. The van der Waals surface area contributed by atoms with E-state index in [-0.39, 0.29) is 11.3 Å². The zero-order valence-electron chi connectivity index (χ0n) is 14.2. The van der Waals surface area contributed by atoms with Crippen LogP contribution >= 0.6 is 0 Å². The molecule has 2 heterocycles. The van der Waals surface area contributed by atoms with Crippen LogP contribution in [-0.2, 0) is 9.53 Å². The second-order valence-electron chi connectivity index (χ2n) is 6.63. The van der Waals surface area contributed by atoms with Gasteiger partial charge in [0, 0.05) is 44.1 Å². The summed E-state index contributed by atoms with van der Waals surface area (Å²) in [5, 5.41) is 6.77. The van der Waals surface area contributed by atoms with Crippen LogP contribution < -0.4 is 10.6 Å². The number of aliphatic imine (C=N–C) groups is 1. The first-order chi connectivity index (χ1) is 10.6. The predicted molar refractivity (Wildman–Crippen MR) is 87.9 cm³/mol. The average Bonchev–Trinajstić information content (AvgIpc) is 3.14. The van der Waals surface area contributed by atoms with Crippen molar-refractivity contribution < 1.29 is 9.53 Å². The van der Waals surface area contributed by atoms with Crippen molar-refractivity contribution in [2.24, 2.45) is 10.4 Å². The van der Waals surface area contributed by atoms with Crippen LogP contribution in [0, 0.1) is 5.41 Å². The van der Waals surface area contributed by atoms with E-state index in [9.17, 15) is 4.79 Å². The van der Waals surface area contributed by atoms with Gasteiger partial charge in [0.25, 0.3) is 0 Å². The molecule has 2 aliphatic rings. The summed E-state index contributed by atoms with van der Waals surface area (Å²) in [6.45, 7) is 11.1. The lowest BCUT2D eigenvalue weighted by Gasteiger charge is -2.22. The maximum Gasteiger partial charge on any atom is 0.222 e. The highest BCUT2D eigenvalue weighted by Gasteiger charge is 2.30. The molecule has 2 unspecified atom stereocenters. The predicted octanol–water partition coefficient (Wildman–Crippen LogP) is 0.979. The van der Waals surface area contributed by atoms with E-state index in [1.54, 1.807) is 0 Å². The molecule has 1 amide bonds. The molecule has 6 nitrogen and oxygen atoms in total. The fourth-order valence-corrected chi connectivity index (χ4v) is 2.95. The lowest BCUT2D eigenvalue weighted by molar-refractivity contribution is -0.129. The van der Waals surface area contributed by atoms with Gasteiger partial charge >= 0.3 is 0 Å². The zero-order chi connectivity index (χ0) is 16.0. The van der Waals surface area contributed by atoms with Gasteiger partial charge in [0.2, 0.25) is 5.91 Å². The minimum Gasteiger partial charge on any atom is -0.381 e. The first-order valence-electron chi connectivity index (χ1n) is 8.46. The number of ether oxygens (including phenoxy) is 1. The van der Waals surface area contributed by atoms with E-state index in [0.29, 0.717) is 12.5 Å². The van der Waals surface area contributed by atoms with Crippen LogP contribution in [0.25, 0.3) is 0 Å². The third-order valence-corrected chi connectivity index (χ3v) is 4.45. The highest BCUT2D eigenvalue weighted by molar-refractivity contribution is 5.80. The van der Waals surface area contributed by atoms with Gasteiger partial charge in [-0.1, -0.05) is 13.8 Å². The maximum absolute atomic E-state index is 11.8. The van der Waals surface area contributed by atoms with Crippen LogP contribution in [0.1, 0.15) is 40.0 Å². The van der Waals surface area contributed by atoms with E-state index >= 15 is 0 Å². The second kappa shape index (κ2) is 7.81. The monoisotopic (exact) mass is 310 g/mol. The summed E-state index contributed by atoms with van der Waals surface area (Å²) in [5.41, 5.74) is 0.155. The molecule has 2 saturated heterocycles. The first kappa shape index (κ1) is 17.1. The summed E-state index contributed by atoms with van der Waals surface area (Å²) in [6, 6.07) is 0.293. The summed E-state index contributed by atoms with van der Waals surface area (Å²) < 4.78 is 5.48. The summed E-state index contributed by atoms with van der Waals surface area (Å²) in [5.74, 6) is 1.09. The zero-order valence-corrected chi connectivity index (χ0v) is 14.2. The smallest absolute Gasteiger partial charge is 0.222 e. The molecule has 0 aliphatic carbocycles. The molecular formula is C16H30N4O2. The van der Waals surface area contributed by atoms with Crippen LogP contribution in [0.5, 0.6) is 0 Å². The summed E-state index contributed by atoms with van der Waals surface area (Å²) in [4.78, 5) is 18.4. The Bertz CT molecular complexity index is 405. The number of rotatable bonds is 5. The Morgan fingerprint density at radius 1 is 1.45 bits per heavy atom. The van der Waals surface area contributed by atoms with Gasteiger partial charge in [0.05, 0.1) is 13.2 Å². The van der Waals surface area contributed by atoms with Crippen molar-refractivity contribution in [3.63, 3.8) is 0 Å². The van der Waals surface area contributed by atoms with Crippen LogP contribution in [0.3, 0.4) is 0 Å². The van der Waals surface area contributed by atoms with Crippen LogP contribution in [-0.4, -0.2) is 62.2 Å². The Morgan fingerprint density at radius 3 is 2.91 bits per heavy atom. The normalized spacial score (nSPS) is 29.0. The Kier molecular flexibility index (Phi) is 6.06. The molecule has 0 saturated carbocycles.